The average Bonchev–Trinajstić information content (AvgIpc) is 2.59. The van der Waals surface area contributed by atoms with Gasteiger partial charge < -0.3 is 5.32 Å². The van der Waals surface area contributed by atoms with Gasteiger partial charge in [-0.1, -0.05) is 23.7 Å². The van der Waals surface area contributed by atoms with Crippen LogP contribution in [-0.4, -0.2) is 43.8 Å². The van der Waals surface area contributed by atoms with Gasteiger partial charge in [0.1, 0.15) is 15.4 Å². The summed E-state index contributed by atoms with van der Waals surface area (Å²) in [5.41, 5.74) is -0.619. The fourth-order valence-electron chi connectivity index (χ4n) is 2.14. The van der Waals surface area contributed by atoms with E-state index in [2.05, 4.69) is 5.32 Å². The fourth-order valence-corrected chi connectivity index (χ4v) is 2.78. The van der Waals surface area contributed by atoms with Crippen molar-refractivity contribution in [3.63, 3.8) is 0 Å². The average molecular weight is 331 g/mol. The molecule has 0 aliphatic carbocycles. The Kier molecular flexibility index (Phi) is 3.99. The first-order valence-electron chi connectivity index (χ1n) is 6.21. The Morgan fingerprint density at radius 2 is 1.81 bits per heavy atom. The van der Waals surface area contributed by atoms with E-state index in [0.29, 0.717) is 10.6 Å². The Balaban J connectivity index is 2.26. The first kappa shape index (κ1) is 15.8. The summed E-state index contributed by atoms with van der Waals surface area (Å²) in [5.74, 6) is -0.735. The van der Waals surface area contributed by atoms with Crippen LogP contribution < -0.4 is 5.32 Å². The largest absolute Gasteiger partial charge is 0.325 e. The number of amides is 3. The van der Waals surface area contributed by atoms with Crippen molar-refractivity contribution in [2.24, 2.45) is 0 Å². The summed E-state index contributed by atoms with van der Waals surface area (Å²) in [6.07, 6.45) is 1.06. The minimum atomic E-state index is -3.26. The second kappa shape index (κ2) is 5.31. The number of carbonyl (C=O) groups excluding carboxylic acids is 2. The number of sulfone groups is 1. The molecule has 0 bridgehead atoms. The van der Waals surface area contributed by atoms with E-state index in [0.717, 1.165) is 11.2 Å². The highest BCUT2D eigenvalue weighted by atomic mass is 35.5. The summed E-state index contributed by atoms with van der Waals surface area (Å²) in [4.78, 5) is 25.3. The van der Waals surface area contributed by atoms with E-state index in [1.165, 1.54) is 0 Å². The molecule has 0 spiro atoms. The van der Waals surface area contributed by atoms with Crippen LogP contribution >= 0.6 is 11.6 Å². The first-order valence-corrected chi connectivity index (χ1v) is 8.65. The minimum absolute atomic E-state index is 0.160. The van der Waals surface area contributed by atoms with E-state index in [9.17, 15) is 18.0 Å². The molecular formula is C13H15ClN2O4S. The molecule has 1 aromatic carbocycles. The third-order valence-electron chi connectivity index (χ3n) is 3.38. The monoisotopic (exact) mass is 330 g/mol. The summed E-state index contributed by atoms with van der Waals surface area (Å²) in [7, 11) is -3.26. The quantitative estimate of drug-likeness (QED) is 0.839. The van der Waals surface area contributed by atoms with E-state index in [1.54, 1.807) is 31.2 Å². The van der Waals surface area contributed by atoms with Crippen LogP contribution in [0.5, 0.6) is 0 Å². The summed E-state index contributed by atoms with van der Waals surface area (Å²) >= 11 is 5.81. The Bertz CT molecular complexity index is 687. The van der Waals surface area contributed by atoms with Crippen LogP contribution in [0.25, 0.3) is 0 Å². The molecule has 114 valence electrons. The van der Waals surface area contributed by atoms with Gasteiger partial charge in [0.15, 0.2) is 0 Å². The third kappa shape index (κ3) is 3.19. The van der Waals surface area contributed by atoms with Gasteiger partial charge in [-0.3, -0.25) is 9.69 Å². The summed E-state index contributed by atoms with van der Waals surface area (Å²) in [6.45, 7) is 1.42. The van der Waals surface area contributed by atoms with E-state index >= 15 is 0 Å². The maximum atomic E-state index is 12.5. The summed E-state index contributed by atoms with van der Waals surface area (Å²) in [6, 6.07) is 5.96. The molecular weight excluding hydrogens is 316 g/mol. The Morgan fingerprint density at radius 3 is 2.33 bits per heavy atom. The van der Waals surface area contributed by atoms with Gasteiger partial charge in [0.2, 0.25) is 0 Å². The zero-order valence-electron chi connectivity index (χ0n) is 11.6. The zero-order valence-corrected chi connectivity index (χ0v) is 13.2. The van der Waals surface area contributed by atoms with Gasteiger partial charge in [0.25, 0.3) is 5.91 Å². The molecule has 1 saturated heterocycles. The van der Waals surface area contributed by atoms with Crippen molar-refractivity contribution in [3.05, 3.63) is 34.9 Å². The van der Waals surface area contributed by atoms with E-state index in [-0.39, 0.29) is 12.3 Å². The maximum Gasteiger partial charge on any atom is 0.325 e. The maximum absolute atomic E-state index is 12.5. The number of halogens is 1. The number of nitrogens with zero attached hydrogens (tertiary/aromatic N) is 1. The number of imide groups is 1. The summed E-state index contributed by atoms with van der Waals surface area (Å²) in [5, 5.41) is 3.12. The standard InChI is InChI=1S/C13H15ClN2O4S/c1-13(9-3-5-10(14)6-4-9)11(17)16(12(18)15-13)7-8-21(2,19)20/h3-6H,7-8H2,1-2H3,(H,15,18)/t13-/m1/s1. The Hall–Kier alpha value is -1.60. The molecule has 1 aromatic rings. The second-order valence-electron chi connectivity index (χ2n) is 5.15. The number of nitrogens with one attached hydrogen (secondary N) is 1. The molecule has 3 amide bonds. The van der Waals surface area contributed by atoms with Gasteiger partial charge in [-0.15, -0.1) is 0 Å². The van der Waals surface area contributed by atoms with Crippen molar-refractivity contribution in [3.8, 4) is 0 Å². The van der Waals surface area contributed by atoms with Crippen molar-refractivity contribution in [1.29, 1.82) is 0 Å². The highest BCUT2D eigenvalue weighted by molar-refractivity contribution is 7.90. The van der Waals surface area contributed by atoms with Gasteiger partial charge in [-0.25, -0.2) is 13.2 Å². The molecule has 21 heavy (non-hydrogen) atoms. The molecule has 6 nitrogen and oxygen atoms in total. The highest BCUT2D eigenvalue weighted by Gasteiger charge is 2.48. The number of urea groups is 1. The Morgan fingerprint density at radius 1 is 1.24 bits per heavy atom. The van der Waals surface area contributed by atoms with Crippen LogP contribution in [-0.2, 0) is 20.2 Å². The number of rotatable bonds is 4. The van der Waals surface area contributed by atoms with Crippen molar-refractivity contribution in [2.45, 2.75) is 12.5 Å². The first-order chi connectivity index (χ1) is 9.63. The molecule has 1 N–H and O–H groups in total. The lowest BCUT2D eigenvalue weighted by Gasteiger charge is -2.22. The minimum Gasteiger partial charge on any atom is -0.319 e. The van der Waals surface area contributed by atoms with Crippen LogP contribution in [0.2, 0.25) is 5.02 Å². The van der Waals surface area contributed by atoms with Crippen molar-refractivity contribution < 1.29 is 18.0 Å². The van der Waals surface area contributed by atoms with Gasteiger partial charge in [-0.2, -0.15) is 0 Å². The molecule has 1 heterocycles. The molecule has 1 aliphatic heterocycles. The normalized spacial score (nSPS) is 22.5. The molecule has 0 aromatic heterocycles. The topological polar surface area (TPSA) is 83.6 Å². The van der Waals surface area contributed by atoms with Gasteiger partial charge >= 0.3 is 6.03 Å². The molecule has 1 fully saturated rings. The van der Waals surface area contributed by atoms with Crippen LogP contribution in [0.15, 0.2) is 24.3 Å². The summed E-state index contributed by atoms with van der Waals surface area (Å²) < 4.78 is 22.4. The second-order valence-corrected chi connectivity index (χ2v) is 7.84. The smallest absolute Gasteiger partial charge is 0.319 e. The van der Waals surface area contributed by atoms with Crippen LogP contribution in [0.3, 0.4) is 0 Å². The van der Waals surface area contributed by atoms with Crippen molar-refractivity contribution >= 4 is 33.4 Å². The van der Waals surface area contributed by atoms with E-state index in [1.807, 2.05) is 0 Å². The van der Waals surface area contributed by atoms with Crippen molar-refractivity contribution in [1.82, 2.24) is 10.2 Å². The van der Waals surface area contributed by atoms with Crippen LogP contribution in [0.4, 0.5) is 4.79 Å². The lowest BCUT2D eigenvalue weighted by molar-refractivity contribution is -0.130. The molecule has 1 aliphatic rings. The molecule has 1 atom stereocenters. The molecule has 2 rings (SSSR count). The highest BCUT2D eigenvalue weighted by Crippen LogP contribution is 2.29. The van der Waals surface area contributed by atoms with Crippen LogP contribution in [0.1, 0.15) is 12.5 Å². The molecule has 0 unspecified atom stereocenters. The number of hydrogen-bond donors (Lipinski definition) is 1. The third-order valence-corrected chi connectivity index (χ3v) is 4.56. The lowest BCUT2D eigenvalue weighted by Crippen LogP contribution is -2.41. The number of benzene rings is 1. The number of carbonyl (C=O) groups is 2. The van der Waals surface area contributed by atoms with E-state index < -0.39 is 27.3 Å². The van der Waals surface area contributed by atoms with Crippen LogP contribution in [0, 0.1) is 0 Å². The molecule has 0 saturated carbocycles. The SMILES string of the molecule is C[C@]1(c2ccc(Cl)cc2)NC(=O)N(CCS(C)(=O)=O)C1=O. The number of hydrogen-bond acceptors (Lipinski definition) is 4. The van der Waals surface area contributed by atoms with Gasteiger partial charge in [0.05, 0.1) is 5.75 Å². The lowest BCUT2D eigenvalue weighted by atomic mass is 9.92. The van der Waals surface area contributed by atoms with E-state index in [4.69, 9.17) is 11.6 Å². The van der Waals surface area contributed by atoms with Crippen molar-refractivity contribution in [2.75, 3.05) is 18.6 Å². The molecule has 0 radical (unpaired) electrons. The van der Waals surface area contributed by atoms with Gasteiger partial charge in [-0.05, 0) is 24.6 Å². The zero-order chi connectivity index (χ0) is 15.8. The predicted octanol–water partition coefficient (Wildman–Crippen LogP) is 1.15. The molecule has 8 heteroatoms. The fraction of sp³-hybridized carbons (Fsp3) is 0.385. The predicted molar refractivity (Wildman–Crippen MR) is 78.8 cm³/mol. The van der Waals surface area contributed by atoms with Gasteiger partial charge in [0, 0.05) is 17.8 Å². The Labute approximate surface area is 128 Å².